The molecule has 1 amide bonds. The van der Waals surface area contributed by atoms with Crippen molar-refractivity contribution in [3.8, 4) is 6.07 Å². The van der Waals surface area contributed by atoms with Crippen LogP contribution in [0.15, 0.2) is 36.5 Å². The van der Waals surface area contributed by atoms with Gasteiger partial charge in [0.25, 0.3) is 5.91 Å². The number of rotatable bonds is 3. The van der Waals surface area contributed by atoms with Gasteiger partial charge in [0, 0.05) is 0 Å². The number of hydrogen-bond acceptors (Lipinski definition) is 4. The summed E-state index contributed by atoms with van der Waals surface area (Å²) in [4.78, 5) is 16.0. The number of anilines is 1. The maximum atomic E-state index is 12.2. The molecule has 1 unspecified atom stereocenters. The van der Waals surface area contributed by atoms with Crippen LogP contribution in [-0.4, -0.2) is 10.9 Å². The summed E-state index contributed by atoms with van der Waals surface area (Å²) in [7, 11) is 0. The SMILES string of the molecule is CC(NC(=O)c1cc(N)cnc1Cl)c1ccc(C#N)cc1. The molecule has 5 nitrogen and oxygen atoms in total. The molecule has 1 heterocycles. The highest BCUT2D eigenvalue weighted by Gasteiger charge is 2.15. The minimum atomic E-state index is -0.350. The molecule has 0 aliphatic carbocycles. The third kappa shape index (κ3) is 3.50. The number of nitrogens with two attached hydrogens (primary N) is 1. The van der Waals surface area contributed by atoms with E-state index in [9.17, 15) is 4.79 Å². The van der Waals surface area contributed by atoms with Gasteiger partial charge in [-0.05, 0) is 30.7 Å². The molecule has 2 rings (SSSR count). The number of benzene rings is 1. The topological polar surface area (TPSA) is 91.8 Å². The van der Waals surface area contributed by atoms with Crippen LogP contribution in [-0.2, 0) is 0 Å². The van der Waals surface area contributed by atoms with Crippen LogP contribution in [0.2, 0.25) is 5.15 Å². The lowest BCUT2D eigenvalue weighted by atomic mass is 10.1. The first-order valence-electron chi connectivity index (χ1n) is 6.23. The van der Waals surface area contributed by atoms with Crippen LogP contribution in [0.4, 0.5) is 5.69 Å². The minimum Gasteiger partial charge on any atom is -0.397 e. The van der Waals surface area contributed by atoms with E-state index in [-0.39, 0.29) is 22.7 Å². The smallest absolute Gasteiger partial charge is 0.254 e. The Kier molecular flexibility index (Phi) is 4.41. The molecule has 2 aromatic rings. The molecular weight excluding hydrogens is 288 g/mol. The number of nitrogens with one attached hydrogen (secondary N) is 1. The monoisotopic (exact) mass is 300 g/mol. The summed E-state index contributed by atoms with van der Waals surface area (Å²) in [5.74, 6) is -0.350. The number of carbonyl (C=O) groups is 1. The summed E-state index contributed by atoms with van der Waals surface area (Å²) in [6, 6.07) is 10.3. The van der Waals surface area contributed by atoms with Gasteiger partial charge >= 0.3 is 0 Å². The predicted molar refractivity (Wildman–Crippen MR) is 80.7 cm³/mol. The number of aromatic nitrogens is 1. The van der Waals surface area contributed by atoms with Gasteiger partial charge in [-0.25, -0.2) is 4.98 Å². The van der Waals surface area contributed by atoms with Crippen LogP contribution < -0.4 is 11.1 Å². The van der Waals surface area contributed by atoms with E-state index in [1.54, 1.807) is 24.3 Å². The van der Waals surface area contributed by atoms with Crippen molar-refractivity contribution in [3.05, 3.63) is 58.4 Å². The van der Waals surface area contributed by atoms with Gasteiger partial charge in [0.05, 0.1) is 35.1 Å². The van der Waals surface area contributed by atoms with Gasteiger partial charge < -0.3 is 11.1 Å². The van der Waals surface area contributed by atoms with E-state index in [4.69, 9.17) is 22.6 Å². The van der Waals surface area contributed by atoms with Crippen molar-refractivity contribution in [2.24, 2.45) is 0 Å². The Balaban J connectivity index is 2.14. The fraction of sp³-hybridized carbons (Fsp3) is 0.133. The van der Waals surface area contributed by atoms with Gasteiger partial charge in [-0.1, -0.05) is 23.7 Å². The lowest BCUT2D eigenvalue weighted by Gasteiger charge is -2.15. The van der Waals surface area contributed by atoms with E-state index < -0.39 is 0 Å². The molecule has 0 radical (unpaired) electrons. The number of hydrogen-bond donors (Lipinski definition) is 2. The van der Waals surface area contributed by atoms with Gasteiger partial charge in [-0.3, -0.25) is 4.79 Å². The number of halogens is 1. The van der Waals surface area contributed by atoms with Crippen LogP contribution in [0.1, 0.15) is 34.5 Å². The van der Waals surface area contributed by atoms with Crippen molar-refractivity contribution in [3.63, 3.8) is 0 Å². The van der Waals surface area contributed by atoms with E-state index in [2.05, 4.69) is 10.3 Å². The van der Waals surface area contributed by atoms with Crippen molar-refractivity contribution < 1.29 is 4.79 Å². The van der Waals surface area contributed by atoms with E-state index in [1.165, 1.54) is 12.3 Å². The minimum absolute atomic E-state index is 0.105. The van der Waals surface area contributed by atoms with Gasteiger partial charge in [0.2, 0.25) is 0 Å². The average molecular weight is 301 g/mol. The van der Waals surface area contributed by atoms with Gasteiger partial charge in [-0.15, -0.1) is 0 Å². The molecule has 0 aliphatic heterocycles. The summed E-state index contributed by atoms with van der Waals surface area (Å²) >= 11 is 5.90. The highest BCUT2D eigenvalue weighted by Crippen LogP contribution is 2.18. The number of pyridine rings is 1. The number of amides is 1. The quantitative estimate of drug-likeness (QED) is 0.852. The van der Waals surface area contributed by atoms with Crippen LogP contribution >= 0.6 is 11.6 Å². The summed E-state index contributed by atoms with van der Waals surface area (Å²) in [6.45, 7) is 1.84. The molecule has 106 valence electrons. The second-order valence-electron chi connectivity index (χ2n) is 4.54. The van der Waals surface area contributed by atoms with Crippen molar-refractivity contribution in [2.75, 3.05) is 5.73 Å². The number of carbonyl (C=O) groups excluding carboxylic acids is 1. The fourth-order valence-electron chi connectivity index (χ4n) is 1.83. The van der Waals surface area contributed by atoms with Crippen LogP contribution in [0.25, 0.3) is 0 Å². The first kappa shape index (κ1) is 14.8. The summed E-state index contributed by atoms with van der Waals surface area (Å²) < 4.78 is 0. The van der Waals surface area contributed by atoms with E-state index in [0.717, 1.165) is 5.56 Å². The molecule has 0 saturated heterocycles. The molecular formula is C15H13ClN4O. The summed E-state index contributed by atoms with van der Waals surface area (Å²) in [5, 5.41) is 11.7. The van der Waals surface area contributed by atoms with Crippen molar-refractivity contribution in [1.82, 2.24) is 10.3 Å². The molecule has 1 aromatic carbocycles. The standard InChI is InChI=1S/C15H13ClN4O/c1-9(11-4-2-10(7-17)3-5-11)20-15(21)13-6-12(18)8-19-14(13)16/h2-6,8-9H,18H2,1H3,(H,20,21). The Hall–Kier alpha value is -2.58. The highest BCUT2D eigenvalue weighted by molar-refractivity contribution is 6.32. The second kappa shape index (κ2) is 6.25. The molecule has 3 N–H and O–H groups in total. The first-order valence-corrected chi connectivity index (χ1v) is 6.61. The van der Waals surface area contributed by atoms with Crippen LogP contribution in [0.5, 0.6) is 0 Å². The second-order valence-corrected chi connectivity index (χ2v) is 4.89. The fourth-order valence-corrected chi connectivity index (χ4v) is 2.02. The molecule has 21 heavy (non-hydrogen) atoms. The van der Waals surface area contributed by atoms with E-state index in [0.29, 0.717) is 11.3 Å². The number of nitrogen functional groups attached to an aromatic ring is 1. The Morgan fingerprint density at radius 1 is 1.43 bits per heavy atom. The maximum absolute atomic E-state index is 12.2. The lowest BCUT2D eigenvalue weighted by molar-refractivity contribution is 0.0939. The van der Waals surface area contributed by atoms with Gasteiger partial charge in [0.1, 0.15) is 5.15 Å². The number of nitriles is 1. The molecule has 0 fully saturated rings. The largest absolute Gasteiger partial charge is 0.397 e. The third-order valence-corrected chi connectivity index (χ3v) is 3.29. The highest BCUT2D eigenvalue weighted by atomic mass is 35.5. The zero-order valence-electron chi connectivity index (χ0n) is 11.3. The van der Waals surface area contributed by atoms with Crippen molar-refractivity contribution in [2.45, 2.75) is 13.0 Å². The summed E-state index contributed by atoms with van der Waals surface area (Å²) in [6.07, 6.45) is 1.39. The molecule has 1 aromatic heterocycles. The molecule has 0 saturated carbocycles. The van der Waals surface area contributed by atoms with E-state index in [1.807, 2.05) is 13.0 Å². The Labute approximate surface area is 127 Å². The normalized spacial score (nSPS) is 11.5. The molecule has 1 atom stereocenters. The predicted octanol–water partition coefficient (Wildman–Crippen LogP) is 2.68. The molecule has 0 aliphatic rings. The third-order valence-electron chi connectivity index (χ3n) is 2.99. The Morgan fingerprint density at radius 3 is 2.71 bits per heavy atom. The Bertz CT molecular complexity index is 707. The molecule has 6 heteroatoms. The zero-order chi connectivity index (χ0) is 15.4. The van der Waals surface area contributed by atoms with Gasteiger partial charge in [0.15, 0.2) is 0 Å². The summed E-state index contributed by atoms with van der Waals surface area (Å²) in [5.41, 5.74) is 7.67. The van der Waals surface area contributed by atoms with Gasteiger partial charge in [-0.2, -0.15) is 5.26 Å². The van der Waals surface area contributed by atoms with Crippen LogP contribution in [0, 0.1) is 11.3 Å². The van der Waals surface area contributed by atoms with Crippen LogP contribution in [0.3, 0.4) is 0 Å². The average Bonchev–Trinajstić information content (AvgIpc) is 2.49. The van der Waals surface area contributed by atoms with Crippen molar-refractivity contribution in [1.29, 1.82) is 5.26 Å². The Morgan fingerprint density at radius 2 is 2.10 bits per heavy atom. The lowest BCUT2D eigenvalue weighted by Crippen LogP contribution is -2.27. The molecule has 0 bridgehead atoms. The number of nitrogens with zero attached hydrogens (tertiary/aromatic N) is 2. The zero-order valence-corrected chi connectivity index (χ0v) is 12.1. The maximum Gasteiger partial charge on any atom is 0.254 e. The van der Waals surface area contributed by atoms with Crippen molar-refractivity contribution >= 4 is 23.2 Å². The first-order chi connectivity index (χ1) is 10.0. The van der Waals surface area contributed by atoms with E-state index >= 15 is 0 Å². The molecule has 0 spiro atoms.